The van der Waals surface area contributed by atoms with E-state index in [0.717, 1.165) is 12.5 Å². The highest BCUT2D eigenvalue weighted by molar-refractivity contribution is 5.09. The molecule has 0 aliphatic rings. The molecule has 0 saturated carbocycles. The van der Waals surface area contributed by atoms with E-state index in [1.54, 1.807) is 0 Å². The van der Waals surface area contributed by atoms with Crippen LogP contribution in [0.3, 0.4) is 0 Å². The normalized spacial score (nSPS) is 11.2. The Kier molecular flexibility index (Phi) is 19.5. The second-order valence-corrected chi connectivity index (χ2v) is 9.47. The van der Waals surface area contributed by atoms with E-state index >= 15 is 0 Å². The quantitative estimate of drug-likeness (QED) is 0.0983. The average molecular weight is 439 g/mol. The van der Waals surface area contributed by atoms with Crippen LogP contribution in [0, 0.1) is 10.1 Å². The fourth-order valence-corrected chi connectivity index (χ4v) is 3.78. The number of hydrogen-bond acceptors (Lipinski definition) is 3. The lowest BCUT2D eigenvalue weighted by molar-refractivity contribution is -0.890. The molecule has 1 rings (SSSR count). The molecule has 31 heavy (non-hydrogen) atoms. The van der Waals surface area contributed by atoms with Gasteiger partial charge in [0.15, 0.2) is 5.82 Å². The number of aromatic nitrogens is 2. The minimum absolute atomic E-state index is 0.204. The van der Waals surface area contributed by atoms with Gasteiger partial charge in [0.25, 0.3) is 0 Å². The van der Waals surface area contributed by atoms with Crippen molar-refractivity contribution in [1.82, 2.24) is 9.97 Å². The van der Waals surface area contributed by atoms with Crippen LogP contribution in [0.1, 0.15) is 117 Å². The summed E-state index contributed by atoms with van der Waals surface area (Å²) in [7, 11) is 4.87. The van der Waals surface area contributed by atoms with Gasteiger partial charge in [-0.2, -0.15) is 0 Å². The Hall–Kier alpha value is -1.43. The Bertz CT molecular complexity index is 482. The Morgan fingerprint density at radius 3 is 1.45 bits per heavy atom. The van der Waals surface area contributed by atoms with Gasteiger partial charge in [-0.1, -0.05) is 102 Å². The molecule has 0 saturated heterocycles. The first-order valence-electron chi connectivity index (χ1n) is 12.8. The maximum Gasteiger partial charge on any atom is 0.158 e. The molecule has 0 N–H and O–H groups in total. The molecular formula is C25H50N4O2. The summed E-state index contributed by atoms with van der Waals surface area (Å²) in [6, 6.07) is 0. The van der Waals surface area contributed by atoms with E-state index in [-0.39, 0.29) is 5.82 Å². The van der Waals surface area contributed by atoms with Gasteiger partial charge in [-0.05, 0) is 31.9 Å². The summed E-state index contributed by atoms with van der Waals surface area (Å²) in [5.41, 5.74) is 0. The van der Waals surface area contributed by atoms with Crippen molar-refractivity contribution in [2.45, 2.75) is 117 Å². The number of rotatable bonds is 19. The van der Waals surface area contributed by atoms with Gasteiger partial charge in [0.2, 0.25) is 0 Å². The maximum absolute atomic E-state index is 9.77. The first-order chi connectivity index (χ1) is 14.9. The number of nitrogens with zero attached hydrogens (tertiary/aromatic N) is 4. The molecule has 0 radical (unpaired) electrons. The number of hydrogen-bond donors (Lipinski definition) is 0. The highest BCUT2D eigenvalue weighted by Crippen LogP contribution is 2.13. The molecule has 1 heterocycles. The first kappa shape index (κ1) is 29.6. The standard InChI is InChI=1S/C22H48N.C3H2N3O2/c1-5-7-9-11-13-15-17-19-21-23(3,4)22-20-18-16-14-12-10-8-6-2;7-6(8)3-1-4-2-5-3/h5-22H2,1-4H3;1-2H/q+1;-1. The summed E-state index contributed by atoms with van der Waals surface area (Å²) in [4.78, 5) is 15.9. The monoisotopic (exact) mass is 438 g/mol. The zero-order valence-corrected chi connectivity index (χ0v) is 21.0. The minimum atomic E-state index is -0.590. The van der Waals surface area contributed by atoms with Crippen molar-refractivity contribution in [2.24, 2.45) is 0 Å². The van der Waals surface area contributed by atoms with Gasteiger partial charge >= 0.3 is 0 Å². The average Bonchev–Trinajstić information content (AvgIpc) is 3.28. The molecule has 0 fully saturated rings. The number of unbranched alkanes of at least 4 members (excludes halogenated alkanes) is 14. The predicted molar refractivity (Wildman–Crippen MR) is 131 cm³/mol. The van der Waals surface area contributed by atoms with Crippen LogP contribution < -0.4 is 4.98 Å². The molecule has 0 aliphatic carbocycles. The minimum Gasteiger partial charge on any atom is -0.446 e. The summed E-state index contributed by atoms with van der Waals surface area (Å²) in [6.45, 7) is 7.36. The summed E-state index contributed by atoms with van der Waals surface area (Å²) in [6.07, 6.45) is 25.3. The SMILES string of the molecule is CCCCCCCCCC[N+](C)(C)CCCCCCCCCC.O=[N+]([O-])c1c[n-]cn1. The highest BCUT2D eigenvalue weighted by Gasteiger charge is 2.13. The summed E-state index contributed by atoms with van der Waals surface area (Å²) in [5, 5.41) is 9.77. The third-order valence-electron chi connectivity index (χ3n) is 5.87. The number of quaternary nitrogens is 1. The van der Waals surface area contributed by atoms with Crippen LogP contribution in [0.15, 0.2) is 12.5 Å². The zero-order chi connectivity index (χ0) is 23.2. The second-order valence-electron chi connectivity index (χ2n) is 9.47. The molecule has 182 valence electrons. The van der Waals surface area contributed by atoms with Gasteiger partial charge in [-0.25, -0.2) is 0 Å². The van der Waals surface area contributed by atoms with Crippen LogP contribution in [-0.4, -0.2) is 41.6 Å². The fourth-order valence-electron chi connectivity index (χ4n) is 3.78. The van der Waals surface area contributed by atoms with Crippen LogP contribution in [0.25, 0.3) is 0 Å². The highest BCUT2D eigenvalue weighted by atomic mass is 16.6. The lowest BCUT2D eigenvalue weighted by atomic mass is 10.1. The molecule has 1 aromatic heterocycles. The van der Waals surface area contributed by atoms with E-state index in [0.29, 0.717) is 0 Å². The molecule has 0 aliphatic heterocycles. The summed E-state index contributed by atoms with van der Waals surface area (Å²) in [5.74, 6) is -0.204. The van der Waals surface area contributed by atoms with Crippen molar-refractivity contribution in [3.05, 3.63) is 22.6 Å². The Morgan fingerprint density at radius 2 is 1.16 bits per heavy atom. The molecule has 0 amide bonds. The molecule has 0 bridgehead atoms. The number of imidazole rings is 1. The predicted octanol–water partition coefficient (Wildman–Crippen LogP) is 7.29. The van der Waals surface area contributed by atoms with Gasteiger partial charge in [0, 0.05) is 0 Å². The zero-order valence-electron chi connectivity index (χ0n) is 21.0. The van der Waals surface area contributed by atoms with Crippen molar-refractivity contribution in [1.29, 1.82) is 0 Å². The van der Waals surface area contributed by atoms with Gasteiger partial charge < -0.3 is 24.6 Å². The number of nitro groups is 1. The van der Waals surface area contributed by atoms with Crippen molar-refractivity contribution in [2.75, 3.05) is 27.2 Å². The van der Waals surface area contributed by atoms with Crippen LogP contribution >= 0.6 is 0 Å². The molecule has 0 unspecified atom stereocenters. The van der Waals surface area contributed by atoms with Crippen LogP contribution in [0.4, 0.5) is 5.82 Å². The third kappa shape index (κ3) is 20.2. The molecular weight excluding hydrogens is 388 g/mol. The molecule has 1 aromatic rings. The fraction of sp³-hybridized carbons (Fsp3) is 0.880. The van der Waals surface area contributed by atoms with Crippen LogP contribution in [0.2, 0.25) is 0 Å². The lowest BCUT2D eigenvalue weighted by Crippen LogP contribution is -2.41. The van der Waals surface area contributed by atoms with E-state index in [4.69, 9.17) is 0 Å². The molecule has 0 atom stereocenters. The van der Waals surface area contributed by atoms with Crippen molar-refractivity contribution in [3.63, 3.8) is 0 Å². The van der Waals surface area contributed by atoms with Gasteiger partial charge in [0.1, 0.15) is 0 Å². The van der Waals surface area contributed by atoms with Crippen LogP contribution in [0.5, 0.6) is 0 Å². The lowest BCUT2D eigenvalue weighted by Gasteiger charge is -2.30. The van der Waals surface area contributed by atoms with E-state index in [9.17, 15) is 10.1 Å². The summed E-state index contributed by atoms with van der Waals surface area (Å²) < 4.78 is 1.24. The smallest absolute Gasteiger partial charge is 0.158 e. The Balaban J connectivity index is 0.000000929. The third-order valence-corrected chi connectivity index (χ3v) is 5.87. The van der Waals surface area contributed by atoms with E-state index in [2.05, 4.69) is 37.9 Å². The van der Waals surface area contributed by atoms with Crippen LogP contribution in [-0.2, 0) is 0 Å². The van der Waals surface area contributed by atoms with E-state index in [1.165, 1.54) is 120 Å². The topological polar surface area (TPSA) is 70.1 Å². The summed E-state index contributed by atoms with van der Waals surface area (Å²) >= 11 is 0. The first-order valence-corrected chi connectivity index (χ1v) is 12.8. The van der Waals surface area contributed by atoms with E-state index < -0.39 is 4.92 Å². The molecule has 0 spiro atoms. The second kappa shape index (κ2) is 20.5. The Morgan fingerprint density at radius 1 is 0.774 bits per heavy atom. The molecule has 6 heteroatoms. The molecule has 6 nitrogen and oxygen atoms in total. The van der Waals surface area contributed by atoms with Gasteiger partial charge in [-0.15, -0.1) is 0 Å². The van der Waals surface area contributed by atoms with Crippen molar-refractivity contribution in [3.8, 4) is 0 Å². The van der Waals surface area contributed by atoms with Crippen molar-refractivity contribution < 1.29 is 9.41 Å². The Labute approximate surface area is 192 Å². The van der Waals surface area contributed by atoms with Gasteiger partial charge in [0.05, 0.1) is 27.2 Å². The van der Waals surface area contributed by atoms with Gasteiger partial charge in [-0.3, -0.25) is 0 Å². The largest absolute Gasteiger partial charge is 0.446 e. The van der Waals surface area contributed by atoms with E-state index in [1.807, 2.05) is 0 Å². The molecule has 0 aromatic carbocycles. The van der Waals surface area contributed by atoms with Crippen molar-refractivity contribution >= 4 is 5.82 Å². The maximum atomic E-state index is 9.77.